The standard InChI is InChI=1S/C19H19N/c1-2-15-10-12-16(13-11-15)14-20-19-9-5-7-17-6-3-4-8-18(17)19/h3-13,20H,2,14H2,1H3. The molecule has 3 aromatic rings. The molecular formula is C19H19N. The molecule has 3 rings (SSSR count). The first-order valence-electron chi connectivity index (χ1n) is 7.16. The molecular weight excluding hydrogens is 242 g/mol. The van der Waals surface area contributed by atoms with Gasteiger partial charge in [0.2, 0.25) is 0 Å². The summed E-state index contributed by atoms with van der Waals surface area (Å²) in [6.45, 7) is 3.04. The molecule has 0 fully saturated rings. The minimum atomic E-state index is 0.859. The van der Waals surface area contributed by atoms with E-state index in [0.717, 1.165) is 13.0 Å². The van der Waals surface area contributed by atoms with E-state index >= 15 is 0 Å². The molecule has 20 heavy (non-hydrogen) atoms. The van der Waals surface area contributed by atoms with E-state index in [-0.39, 0.29) is 0 Å². The van der Waals surface area contributed by atoms with Gasteiger partial charge < -0.3 is 5.32 Å². The predicted octanol–water partition coefficient (Wildman–Crippen LogP) is 5.01. The first kappa shape index (κ1) is 12.7. The van der Waals surface area contributed by atoms with Crippen LogP contribution in [0.15, 0.2) is 66.7 Å². The molecule has 0 bridgehead atoms. The van der Waals surface area contributed by atoms with Gasteiger partial charge in [0, 0.05) is 17.6 Å². The fourth-order valence-corrected chi connectivity index (χ4v) is 2.47. The molecule has 0 spiro atoms. The van der Waals surface area contributed by atoms with E-state index in [1.807, 2.05) is 0 Å². The molecule has 0 heterocycles. The Bertz CT molecular complexity index is 693. The van der Waals surface area contributed by atoms with E-state index in [1.165, 1.54) is 27.6 Å². The van der Waals surface area contributed by atoms with Crippen molar-refractivity contribution in [3.63, 3.8) is 0 Å². The highest BCUT2D eigenvalue weighted by molar-refractivity contribution is 5.93. The lowest BCUT2D eigenvalue weighted by molar-refractivity contribution is 1.11. The van der Waals surface area contributed by atoms with Crippen LogP contribution < -0.4 is 5.32 Å². The summed E-state index contributed by atoms with van der Waals surface area (Å²) in [5.41, 5.74) is 3.90. The molecule has 0 saturated carbocycles. The van der Waals surface area contributed by atoms with Crippen molar-refractivity contribution in [2.24, 2.45) is 0 Å². The molecule has 0 unspecified atom stereocenters. The first-order valence-corrected chi connectivity index (χ1v) is 7.16. The third kappa shape index (κ3) is 2.67. The summed E-state index contributed by atoms with van der Waals surface area (Å²) < 4.78 is 0. The highest BCUT2D eigenvalue weighted by atomic mass is 14.9. The SMILES string of the molecule is CCc1ccc(CNc2cccc3ccccc23)cc1. The Morgan fingerprint density at radius 1 is 0.750 bits per heavy atom. The fraction of sp³-hybridized carbons (Fsp3) is 0.158. The monoisotopic (exact) mass is 261 g/mol. The van der Waals surface area contributed by atoms with E-state index in [9.17, 15) is 0 Å². The van der Waals surface area contributed by atoms with Crippen molar-refractivity contribution in [2.45, 2.75) is 19.9 Å². The number of anilines is 1. The van der Waals surface area contributed by atoms with Gasteiger partial charge in [0.1, 0.15) is 0 Å². The molecule has 100 valence electrons. The van der Waals surface area contributed by atoms with Crippen LogP contribution in [0.3, 0.4) is 0 Å². The quantitative estimate of drug-likeness (QED) is 0.695. The van der Waals surface area contributed by atoms with Crippen molar-refractivity contribution < 1.29 is 0 Å². The Morgan fingerprint density at radius 3 is 2.25 bits per heavy atom. The van der Waals surface area contributed by atoms with Gasteiger partial charge in [-0.15, -0.1) is 0 Å². The zero-order valence-corrected chi connectivity index (χ0v) is 11.8. The van der Waals surface area contributed by atoms with Gasteiger partial charge >= 0.3 is 0 Å². The van der Waals surface area contributed by atoms with Crippen LogP contribution in [-0.2, 0) is 13.0 Å². The second kappa shape index (κ2) is 5.79. The minimum absolute atomic E-state index is 0.859. The molecule has 3 aromatic carbocycles. The summed E-state index contributed by atoms with van der Waals surface area (Å²) in [7, 11) is 0. The number of aryl methyl sites for hydroxylation is 1. The van der Waals surface area contributed by atoms with E-state index in [2.05, 4.69) is 79.0 Å². The van der Waals surface area contributed by atoms with E-state index in [1.54, 1.807) is 0 Å². The van der Waals surface area contributed by atoms with Crippen molar-refractivity contribution >= 4 is 16.5 Å². The Kier molecular flexibility index (Phi) is 3.69. The molecule has 1 N–H and O–H groups in total. The molecule has 0 aliphatic carbocycles. The maximum atomic E-state index is 3.54. The van der Waals surface area contributed by atoms with Crippen LogP contribution in [0.25, 0.3) is 10.8 Å². The zero-order valence-electron chi connectivity index (χ0n) is 11.8. The van der Waals surface area contributed by atoms with Crippen LogP contribution in [0.1, 0.15) is 18.1 Å². The average molecular weight is 261 g/mol. The minimum Gasteiger partial charge on any atom is -0.380 e. The molecule has 1 nitrogen and oxygen atoms in total. The number of hydrogen-bond acceptors (Lipinski definition) is 1. The molecule has 0 saturated heterocycles. The second-order valence-corrected chi connectivity index (χ2v) is 5.05. The summed E-state index contributed by atoms with van der Waals surface area (Å²) in [5, 5.41) is 6.10. The van der Waals surface area contributed by atoms with Crippen LogP contribution in [0.5, 0.6) is 0 Å². The van der Waals surface area contributed by atoms with Crippen LogP contribution >= 0.6 is 0 Å². The van der Waals surface area contributed by atoms with Gasteiger partial charge in [-0.2, -0.15) is 0 Å². The van der Waals surface area contributed by atoms with Crippen molar-refractivity contribution in [1.82, 2.24) is 0 Å². The van der Waals surface area contributed by atoms with Gasteiger partial charge in [0.15, 0.2) is 0 Å². The second-order valence-electron chi connectivity index (χ2n) is 5.05. The van der Waals surface area contributed by atoms with Gasteiger partial charge in [-0.3, -0.25) is 0 Å². The Hall–Kier alpha value is -2.28. The highest BCUT2D eigenvalue weighted by Gasteiger charge is 2.00. The van der Waals surface area contributed by atoms with Gasteiger partial charge in [-0.1, -0.05) is 67.6 Å². The number of fused-ring (bicyclic) bond motifs is 1. The molecule has 0 atom stereocenters. The van der Waals surface area contributed by atoms with Crippen molar-refractivity contribution in [3.8, 4) is 0 Å². The van der Waals surface area contributed by atoms with Crippen molar-refractivity contribution in [1.29, 1.82) is 0 Å². The largest absolute Gasteiger partial charge is 0.380 e. The van der Waals surface area contributed by atoms with Crippen molar-refractivity contribution in [3.05, 3.63) is 77.9 Å². The molecule has 0 aliphatic heterocycles. The number of benzene rings is 3. The fourth-order valence-electron chi connectivity index (χ4n) is 2.47. The van der Waals surface area contributed by atoms with Crippen molar-refractivity contribution in [2.75, 3.05) is 5.32 Å². The predicted molar refractivity (Wildman–Crippen MR) is 87.1 cm³/mol. The lowest BCUT2D eigenvalue weighted by Gasteiger charge is -2.10. The van der Waals surface area contributed by atoms with Gasteiger partial charge in [0.05, 0.1) is 0 Å². The summed E-state index contributed by atoms with van der Waals surface area (Å²) >= 11 is 0. The van der Waals surface area contributed by atoms with E-state index in [0.29, 0.717) is 0 Å². The molecule has 0 aromatic heterocycles. The van der Waals surface area contributed by atoms with Crippen LogP contribution in [0, 0.1) is 0 Å². The van der Waals surface area contributed by atoms with Crippen LogP contribution in [-0.4, -0.2) is 0 Å². The molecule has 0 aliphatic rings. The lowest BCUT2D eigenvalue weighted by atomic mass is 10.1. The Morgan fingerprint density at radius 2 is 1.45 bits per heavy atom. The summed E-state index contributed by atoms with van der Waals surface area (Å²) in [5.74, 6) is 0. The molecule has 0 amide bonds. The summed E-state index contributed by atoms with van der Waals surface area (Å²) in [6.07, 6.45) is 1.09. The van der Waals surface area contributed by atoms with E-state index < -0.39 is 0 Å². The maximum Gasteiger partial charge on any atom is 0.0422 e. The van der Waals surface area contributed by atoms with Gasteiger partial charge in [0.25, 0.3) is 0 Å². The number of hydrogen-bond donors (Lipinski definition) is 1. The maximum absolute atomic E-state index is 3.54. The Labute approximate surface area is 120 Å². The number of nitrogens with one attached hydrogen (secondary N) is 1. The molecule has 0 radical (unpaired) electrons. The first-order chi connectivity index (χ1) is 9.86. The third-order valence-corrected chi connectivity index (χ3v) is 3.70. The van der Waals surface area contributed by atoms with Crippen LogP contribution in [0.2, 0.25) is 0 Å². The topological polar surface area (TPSA) is 12.0 Å². The zero-order chi connectivity index (χ0) is 13.8. The summed E-state index contributed by atoms with van der Waals surface area (Å²) in [4.78, 5) is 0. The smallest absolute Gasteiger partial charge is 0.0422 e. The van der Waals surface area contributed by atoms with Gasteiger partial charge in [-0.05, 0) is 29.0 Å². The number of rotatable bonds is 4. The summed E-state index contributed by atoms with van der Waals surface area (Å²) in [6, 6.07) is 23.7. The Balaban J connectivity index is 1.79. The van der Waals surface area contributed by atoms with Crippen LogP contribution in [0.4, 0.5) is 5.69 Å². The molecule has 1 heteroatoms. The van der Waals surface area contributed by atoms with E-state index in [4.69, 9.17) is 0 Å². The normalized spacial score (nSPS) is 10.7. The lowest BCUT2D eigenvalue weighted by Crippen LogP contribution is -2.00. The van der Waals surface area contributed by atoms with Gasteiger partial charge in [-0.25, -0.2) is 0 Å². The highest BCUT2D eigenvalue weighted by Crippen LogP contribution is 2.23. The average Bonchev–Trinajstić information content (AvgIpc) is 2.53. The third-order valence-electron chi connectivity index (χ3n) is 3.70.